The second kappa shape index (κ2) is 8.12. The second-order valence-corrected chi connectivity index (χ2v) is 5.29. The normalized spacial score (nSPS) is 10.4. The fraction of sp³-hybridized carbons (Fsp3) is 0.158. The molecule has 1 aromatic carbocycles. The summed E-state index contributed by atoms with van der Waals surface area (Å²) in [5.41, 5.74) is 1.45. The highest BCUT2D eigenvalue weighted by Crippen LogP contribution is 2.19. The van der Waals surface area contributed by atoms with Crippen LogP contribution in [0, 0.1) is 0 Å². The van der Waals surface area contributed by atoms with E-state index in [-0.39, 0.29) is 11.7 Å². The maximum atomic E-state index is 12.2. The molecule has 0 atom stereocenters. The molecule has 0 fully saturated rings. The first-order valence-corrected chi connectivity index (χ1v) is 7.76. The topological polar surface area (TPSA) is 73.6 Å². The molecule has 0 aliphatic carbocycles. The van der Waals surface area contributed by atoms with Gasteiger partial charge in [-0.15, -0.1) is 0 Å². The molecule has 6 heteroatoms. The number of methoxy groups -OCH3 is 1. The molecule has 0 spiro atoms. The van der Waals surface area contributed by atoms with Crippen LogP contribution in [0.4, 0.5) is 5.69 Å². The first kappa shape index (κ1) is 16.7. The van der Waals surface area contributed by atoms with Gasteiger partial charge in [-0.1, -0.05) is 12.1 Å². The number of hydrogen-bond donors (Lipinski definition) is 1. The highest BCUT2D eigenvalue weighted by Gasteiger charge is 2.12. The summed E-state index contributed by atoms with van der Waals surface area (Å²) >= 11 is 0. The van der Waals surface area contributed by atoms with Crippen molar-refractivity contribution in [2.45, 2.75) is 13.2 Å². The second-order valence-electron chi connectivity index (χ2n) is 5.29. The van der Waals surface area contributed by atoms with Crippen LogP contribution < -0.4 is 10.1 Å². The molecule has 128 valence electrons. The van der Waals surface area contributed by atoms with Crippen LogP contribution in [0.25, 0.3) is 0 Å². The van der Waals surface area contributed by atoms with Crippen LogP contribution in [0.3, 0.4) is 0 Å². The van der Waals surface area contributed by atoms with E-state index in [0.717, 1.165) is 5.69 Å². The van der Waals surface area contributed by atoms with Crippen LogP contribution in [-0.4, -0.2) is 18.0 Å². The molecule has 0 bridgehead atoms. The van der Waals surface area contributed by atoms with E-state index in [0.29, 0.717) is 30.4 Å². The summed E-state index contributed by atoms with van der Waals surface area (Å²) in [7, 11) is 1.57. The minimum atomic E-state index is -0.329. The predicted molar refractivity (Wildman–Crippen MR) is 92.4 cm³/mol. The van der Waals surface area contributed by atoms with Crippen molar-refractivity contribution in [2.24, 2.45) is 0 Å². The Balaban J connectivity index is 1.61. The molecule has 1 N–H and O–H groups in total. The van der Waals surface area contributed by atoms with E-state index >= 15 is 0 Å². The lowest BCUT2D eigenvalue weighted by Gasteiger charge is -2.08. The predicted octanol–water partition coefficient (Wildman–Crippen LogP) is 3.65. The zero-order valence-electron chi connectivity index (χ0n) is 13.8. The van der Waals surface area contributed by atoms with Gasteiger partial charge in [-0.2, -0.15) is 0 Å². The number of rotatable bonds is 7. The van der Waals surface area contributed by atoms with Crippen molar-refractivity contribution >= 4 is 11.6 Å². The van der Waals surface area contributed by atoms with Crippen LogP contribution in [0.2, 0.25) is 0 Å². The fourth-order valence-electron chi connectivity index (χ4n) is 2.22. The first-order valence-electron chi connectivity index (χ1n) is 7.76. The van der Waals surface area contributed by atoms with E-state index in [1.165, 1.54) is 0 Å². The van der Waals surface area contributed by atoms with E-state index in [1.54, 1.807) is 37.6 Å². The van der Waals surface area contributed by atoms with Gasteiger partial charge in [-0.05, 0) is 36.4 Å². The number of carbonyl (C=O) groups is 1. The highest BCUT2D eigenvalue weighted by molar-refractivity contribution is 6.02. The third-order valence-corrected chi connectivity index (χ3v) is 3.38. The molecule has 3 aromatic rings. The summed E-state index contributed by atoms with van der Waals surface area (Å²) in [5, 5.41) is 2.78. The molecular formula is C19H18N2O4. The number of benzene rings is 1. The minimum Gasteiger partial charge on any atom is -0.487 e. The molecule has 0 aliphatic rings. The summed E-state index contributed by atoms with van der Waals surface area (Å²) in [5.74, 6) is 1.14. The van der Waals surface area contributed by atoms with E-state index in [1.807, 2.05) is 30.3 Å². The van der Waals surface area contributed by atoms with Crippen LogP contribution in [0.1, 0.15) is 22.0 Å². The molecule has 25 heavy (non-hydrogen) atoms. The average Bonchev–Trinajstić information content (AvgIpc) is 3.10. The largest absolute Gasteiger partial charge is 0.487 e. The lowest BCUT2D eigenvalue weighted by Crippen LogP contribution is -2.11. The Morgan fingerprint density at radius 3 is 2.84 bits per heavy atom. The van der Waals surface area contributed by atoms with Gasteiger partial charge in [0, 0.05) is 25.1 Å². The Morgan fingerprint density at radius 1 is 1.12 bits per heavy atom. The number of amides is 1. The lowest BCUT2D eigenvalue weighted by atomic mass is 10.3. The number of ether oxygens (including phenoxy) is 2. The molecule has 6 nitrogen and oxygen atoms in total. The molecule has 0 unspecified atom stereocenters. The molecular weight excluding hydrogens is 320 g/mol. The number of anilines is 1. The monoisotopic (exact) mass is 338 g/mol. The Labute approximate surface area is 145 Å². The van der Waals surface area contributed by atoms with E-state index < -0.39 is 0 Å². The Kier molecular flexibility index (Phi) is 5.43. The van der Waals surface area contributed by atoms with Crippen molar-refractivity contribution in [2.75, 3.05) is 12.4 Å². The zero-order chi connectivity index (χ0) is 17.5. The van der Waals surface area contributed by atoms with Gasteiger partial charge in [0.1, 0.15) is 24.7 Å². The van der Waals surface area contributed by atoms with Crippen molar-refractivity contribution in [1.82, 2.24) is 4.98 Å². The maximum Gasteiger partial charge on any atom is 0.291 e. The Morgan fingerprint density at radius 2 is 2.04 bits per heavy atom. The van der Waals surface area contributed by atoms with E-state index in [2.05, 4.69) is 10.3 Å². The summed E-state index contributed by atoms with van der Waals surface area (Å²) in [4.78, 5) is 16.4. The van der Waals surface area contributed by atoms with Gasteiger partial charge in [-0.25, -0.2) is 0 Å². The van der Waals surface area contributed by atoms with Gasteiger partial charge in [0.25, 0.3) is 5.91 Å². The number of carbonyl (C=O) groups excluding carboxylic acids is 1. The van der Waals surface area contributed by atoms with Crippen molar-refractivity contribution in [1.29, 1.82) is 0 Å². The summed E-state index contributed by atoms with van der Waals surface area (Å²) < 4.78 is 16.1. The van der Waals surface area contributed by atoms with Gasteiger partial charge >= 0.3 is 0 Å². The Hall–Kier alpha value is -3.12. The average molecular weight is 338 g/mol. The number of nitrogens with one attached hydrogen (secondary N) is 1. The highest BCUT2D eigenvalue weighted by atomic mass is 16.5. The molecule has 0 aliphatic heterocycles. The number of nitrogens with zero attached hydrogens (tertiary/aromatic N) is 1. The van der Waals surface area contributed by atoms with E-state index in [4.69, 9.17) is 13.9 Å². The van der Waals surface area contributed by atoms with Gasteiger partial charge in [0.2, 0.25) is 0 Å². The van der Waals surface area contributed by atoms with Gasteiger partial charge < -0.3 is 19.2 Å². The number of aromatic nitrogens is 1. The van der Waals surface area contributed by atoms with Crippen LogP contribution in [0.15, 0.2) is 65.2 Å². The van der Waals surface area contributed by atoms with Gasteiger partial charge in [-0.3, -0.25) is 9.78 Å². The summed E-state index contributed by atoms with van der Waals surface area (Å²) in [6, 6.07) is 16.1. The molecule has 2 aromatic heterocycles. The van der Waals surface area contributed by atoms with Crippen LogP contribution >= 0.6 is 0 Å². The van der Waals surface area contributed by atoms with Gasteiger partial charge in [0.05, 0.1) is 5.69 Å². The third-order valence-electron chi connectivity index (χ3n) is 3.38. The minimum absolute atomic E-state index is 0.229. The quantitative estimate of drug-likeness (QED) is 0.712. The van der Waals surface area contributed by atoms with Crippen LogP contribution in [0.5, 0.6) is 5.75 Å². The van der Waals surface area contributed by atoms with Crippen LogP contribution in [-0.2, 0) is 18.0 Å². The lowest BCUT2D eigenvalue weighted by molar-refractivity contribution is 0.0987. The number of pyridine rings is 1. The molecule has 0 saturated carbocycles. The number of furan rings is 1. The molecule has 0 saturated heterocycles. The molecule has 3 rings (SSSR count). The summed E-state index contributed by atoms with van der Waals surface area (Å²) in [6.45, 7) is 0.681. The van der Waals surface area contributed by atoms with E-state index in [9.17, 15) is 4.79 Å². The van der Waals surface area contributed by atoms with Gasteiger partial charge in [0.15, 0.2) is 5.76 Å². The van der Waals surface area contributed by atoms with Crippen molar-refractivity contribution in [3.63, 3.8) is 0 Å². The molecule has 2 heterocycles. The zero-order valence-corrected chi connectivity index (χ0v) is 13.8. The molecule has 0 radical (unpaired) electrons. The number of hydrogen-bond acceptors (Lipinski definition) is 5. The third kappa shape index (κ3) is 4.68. The van der Waals surface area contributed by atoms with Crippen molar-refractivity contribution < 1.29 is 18.7 Å². The maximum absolute atomic E-state index is 12.2. The van der Waals surface area contributed by atoms with Crippen molar-refractivity contribution in [3.05, 3.63) is 78.0 Å². The smallest absolute Gasteiger partial charge is 0.291 e. The SMILES string of the molecule is COCc1ccc(C(=O)Nc2cccc(OCc3ccccn3)c2)o1. The fourth-order valence-corrected chi connectivity index (χ4v) is 2.22. The first-order chi connectivity index (χ1) is 12.2. The standard InChI is InChI=1S/C19H18N2O4/c1-23-13-17-8-9-18(25-17)19(22)21-14-6-4-7-16(11-14)24-12-15-5-2-3-10-20-15/h2-11H,12-13H2,1H3,(H,21,22). The molecule has 1 amide bonds. The Bertz CT molecular complexity index is 830. The van der Waals surface area contributed by atoms with Crippen molar-refractivity contribution in [3.8, 4) is 5.75 Å². The summed E-state index contributed by atoms with van der Waals surface area (Å²) in [6.07, 6.45) is 1.72.